The average molecular weight is 384 g/mol. The number of hydrogen-bond donors (Lipinski definition) is 3. The van der Waals surface area contributed by atoms with Gasteiger partial charge in [0.15, 0.2) is 24.6 Å². The molecule has 0 spiro atoms. The first-order valence-corrected chi connectivity index (χ1v) is 9.43. The van der Waals surface area contributed by atoms with Crippen LogP contribution in [0.15, 0.2) is 42.5 Å². The molecule has 0 fully saturated rings. The van der Waals surface area contributed by atoms with Crippen molar-refractivity contribution >= 4 is 23.2 Å². The number of nitrogens with one attached hydrogen (secondary N) is 3. The van der Waals surface area contributed by atoms with E-state index < -0.39 is 0 Å². The highest BCUT2D eigenvalue weighted by Gasteiger charge is 2.18. The molecule has 2 aromatic carbocycles. The van der Waals surface area contributed by atoms with Crippen LogP contribution >= 0.6 is 0 Å². The average Bonchev–Trinajstić information content (AvgIpc) is 2.69. The summed E-state index contributed by atoms with van der Waals surface area (Å²) in [6.07, 6.45) is 0. The van der Waals surface area contributed by atoms with E-state index in [9.17, 15) is 9.59 Å². The van der Waals surface area contributed by atoms with Gasteiger partial charge in [0.05, 0.1) is 6.54 Å². The number of quaternary nitrogens is 1. The summed E-state index contributed by atoms with van der Waals surface area (Å²) in [6.45, 7) is 6.05. The number of ether oxygens (including phenoxy) is 2. The standard InChI is InChI=1S/C21H25N3O4/c1-3-24(13-20(25)22-16-6-4-15(2)5-7-16)14-21(26)23-17-8-9-18-19(12-17)28-11-10-27-18/h4-9,12H,3,10-11,13-14H2,1-2H3,(H,22,25)(H,23,26)/p+1. The predicted octanol–water partition coefficient (Wildman–Crippen LogP) is 1.25. The number of anilines is 2. The molecule has 1 unspecified atom stereocenters. The maximum absolute atomic E-state index is 12.4. The molecule has 0 saturated heterocycles. The SMILES string of the molecule is CC[NH+](CC(=O)Nc1ccc(C)cc1)CC(=O)Nc1ccc2c(c1)OCCO2. The normalized spacial score (nSPS) is 13.5. The molecule has 1 atom stereocenters. The van der Waals surface area contributed by atoms with Gasteiger partial charge in [0.25, 0.3) is 11.8 Å². The van der Waals surface area contributed by atoms with Crippen LogP contribution in [0.4, 0.5) is 11.4 Å². The Morgan fingerprint density at radius 2 is 1.46 bits per heavy atom. The van der Waals surface area contributed by atoms with Crippen LogP contribution in [0, 0.1) is 6.92 Å². The third kappa shape index (κ3) is 5.47. The van der Waals surface area contributed by atoms with E-state index in [-0.39, 0.29) is 24.9 Å². The second-order valence-corrected chi connectivity index (χ2v) is 6.78. The molecule has 0 bridgehead atoms. The van der Waals surface area contributed by atoms with Gasteiger partial charge in [-0.15, -0.1) is 0 Å². The zero-order chi connectivity index (χ0) is 19.9. The van der Waals surface area contributed by atoms with Crippen molar-refractivity contribution in [3.8, 4) is 11.5 Å². The number of rotatable bonds is 7. The molecule has 3 rings (SSSR count). The van der Waals surface area contributed by atoms with Crippen LogP contribution in [0.1, 0.15) is 12.5 Å². The summed E-state index contributed by atoms with van der Waals surface area (Å²) in [7, 11) is 0. The van der Waals surface area contributed by atoms with E-state index in [0.29, 0.717) is 36.9 Å². The summed E-state index contributed by atoms with van der Waals surface area (Å²) in [6, 6.07) is 12.9. The van der Waals surface area contributed by atoms with Crippen LogP contribution in [-0.2, 0) is 9.59 Å². The van der Waals surface area contributed by atoms with E-state index >= 15 is 0 Å². The fraction of sp³-hybridized carbons (Fsp3) is 0.333. The van der Waals surface area contributed by atoms with E-state index in [4.69, 9.17) is 9.47 Å². The number of benzene rings is 2. The Bertz CT molecular complexity index is 836. The second kappa shape index (κ2) is 9.23. The number of amides is 2. The van der Waals surface area contributed by atoms with Gasteiger partial charge in [0, 0.05) is 17.4 Å². The fourth-order valence-electron chi connectivity index (χ4n) is 2.93. The van der Waals surface area contributed by atoms with E-state index in [2.05, 4.69) is 10.6 Å². The Kier molecular flexibility index (Phi) is 6.49. The Morgan fingerprint density at radius 3 is 2.11 bits per heavy atom. The van der Waals surface area contributed by atoms with Gasteiger partial charge in [0.2, 0.25) is 0 Å². The molecule has 0 radical (unpaired) electrons. The molecule has 3 N–H and O–H groups in total. The summed E-state index contributed by atoms with van der Waals surface area (Å²) in [5, 5.41) is 5.73. The van der Waals surface area contributed by atoms with Crippen LogP contribution in [0.3, 0.4) is 0 Å². The van der Waals surface area contributed by atoms with Crippen LogP contribution in [-0.4, -0.2) is 44.7 Å². The molecule has 7 heteroatoms. The lowest BCUT2D eigenvalue weighted by Crippen LogP contribution is -3.13. The molecule has 148 valence electrons. The van der Waals surface area contributed by atoms with E-state index in [1.165, 1.54) is 0 Å². The molecule has 28 heavy (non-hydrogen) atoms. The summed E-state index contributed by atoms with van der Waals surface area (Å²) in [4.78, 5) is 25.5. The first kappa shape index (κ1) is 19.7. The lowest BCUT2D eigenvalue weighted by atomic mass is 10.2. The number of hydrogen-bond acceptors (Lipinski definition) is 4. The van der Waals surface area contributed by atoms with Gasteiger partial charge in [-0.2, -0.15) is 0 Å². The summed E-state index contributed by atoms with van der Waals surface area (Å²) < 4.78 is 11.0. The van der Waals surface area contributed by atoms with Crippen LogP contribution in [0.5, 0.6) is 11.5 Å². The summed E-state index contributed by atoms with van der Waals surface area (Å²) >= 11 is 0. The number of likely N-dealkylation sites (N-methyl/N-ethyl adjacent to an activating group) is 1. The van der Waals surface area contributed by atoms with Gasteiger partial charge in [-0.3, -0.25) is 9.59 Å². The zero-order valence-electron chi connectivity index (χ0n) is 16.2. The van der Waals surface area contributed by atoms with Gasteiger partial charge in [-0.05, 0) is 38.1 Å². The van der Waals surface area contributed by atoms with Crippen molar-refractivity contribution in [1.29, 1.82) is 0 Å². The van der Waals surface area contributed by atoms with Gasteiger partial charge in [-0.1, -0.05) is 17.7 Å². The molecular weight excluding hydrogens is 358 g/mol. The minimum Gasteiger partial charge on any atom is -0.486 e. The Labute approximate surface area is 164 Å². The first-order chi connectivity index (χ1) is 13.5. The third-order valence-corrected chi connectivity index (χ3v) is 4.48. The molecule has 1 aliphatic rings. The minimum absolute atomic E-state index is 0.118. The fourth-order valence-corrected chi connectivity index (χ4v) is 2.93. The van der Waals surface area contributed by atoms with Crippen molar-refractivity contribution < 1.29 is 24.0 Å². The van der Waals surface area contributed by atoms with Crippen molar-refractivity contribution in [2.24, 2.45) is 0 Å². The van der Waals surface area contributed by atoms with Crippen molar-refractivity contribution in [3.05, 3.63) is 48.0 Å². The van der Waals surface area contributed by atoms with Gasteiger partial charge in [0.1, 0.15) is 13.2 Å². The summed E-state index contributed by atoms with van der Waals surface area (Å²) in [5.41, 5.74) is 2.54. The van der Waals surface area contributed by atoms with Gasteiger partial charge < -0.3 is 25.0 Å². The molecule has 0 aliphatic carbocycles. The van der Waals surface area contributed by atoms with Crippen LogP contribution < -0.4 is 25.0 Å². The smallest absolute Gasteiger partial charge is 0.279 e. The Morgan fingerprint density at radius 1 is 0.893 bits per heavy atom. The van der Waals surface area contributed by atoms with E-state index in [1.54, 1.807) is 18.2 Å². The number of carbonyl (C=O) groups excluding carboxylic acids is 2. The second-order valence-electron chi connectivity index (χ2n) is 6.78. The molecule has 0 saturated carbocycles. The van der Waals surface area contributed by atoms with Gasteiger partial charge >= 0.3 is 0 Å². The molecule has 1 heterocycles. The highest BCUT2D eigenvalue weighted by atomic mass is 16.6. The predicted molar refractivity (Wildman–Crippen MR) is 107 cm³/mol. The maximum atomic E-state index is 12.4. The topological polar surface area (TPSA) is 81.1 Å². The molecule has 2 aromatic rings. The molecule has 0 aromatic heterocycles. The van der Waals surface area contributed by atoms with E-state index in [0.717, 1.165) is 16.2 Å². The highest BCUT2D eigenvalue weighted by molar-refractivity contribution is 5.93. The minimum atomic E-state index is -0.156. The number of aryl methyl sites for hydroxylation is 1. The largest absolute Gasteiger partial charge is 0.486 e. The van der Waals surface area contributed by atoms with Gasteiger partial charge in [-0.25, -0.2) is 0 Å². The van der Waals surface area contributed by atoms with E-state index in [1.807, 2.05) is 38.1 Å². The maximum Gasteiger partial charge on any atom is 0.279 e. The lowest BCUT2D eigenvalue weighted by Gasteiger charge is -2.20. The number of carbonyl (C=O) groups is 2. The molecular formula is C21H26N3O4+. The third-order valence-electron chi connectivity index (χ3n) is 4.48. The van der Waals surface area contributed by atoms with Crippen molar-refractivity contribution in [3.63, 3.8) is 0 Å². The van der Waals surface area contributed by atoms with Crippen LogP contribution in [0.2, 0.25) is 0 Å². The highest BCUT2D eigenvalue weighted by Crippen LogP contribution is 2.32. The van der Waals surface area contributed by atoms with Crippen molar-refractivity contribution in [2.75, 3.05) is 43.5 Å². The zero-order valence-corrected chi connectivity index (χ0v) is 16.2. The van der Waals surface area contributed by atoms with Crippen molar-refractivity contribution in [1.82, 2.24) is 0 Å². The first-order valence-electron chi connectivity index (χ1n) is 9.43. The lowest BCUT2D eigenvalue weighted by molar-refractivity contribution is -0.881. The number of fused-ring (bicyclic) bond motifs is 1. The quantitative estimate of drug-likeness (QED) is 0.671. The van der Waals surface area contributed by atoms with Crippen molar-refractivity contribution in [2.45, 2.75) is 13.8 Å². The molecule has 7 nitrogen and oxygen atoms in total. The Balaban J connectivity index is 1.51. The van der Waals surface area contributed by atoms with Crippen LogP contribution in [0.25, 0.3) is 0 Å². The summed E-state index contributed by atoms with van der Waals surface area (Å²) in [5.74, 6) is 1.03. The molecule has 1 aliphatic heterocycles. The molecule has 2 amide bonds. The Hall–Kier alpha value is -3.06. The monoisotopic (exact) mass is 384 g/mol.